The van der Waals surface area contributed by atoms with Crippen LogP contribution in [0.5, 0.6) is 5.75 Å². The smallest absolute Gasteiger partial charge is 0.305 e. The van der Waals surface area contributed by atoms with Gasteiger partial charge in [-0.25, -0.2) is 0 Å². The van der Waals surface area contributed by atoms with Gasteiger partial charge in [-0.3, -0.25) is 28.8 Å². The number of aryl methyl sites for hydroxylation is 1. The first-order valence-corrected chi connectivity index (χ1v) is 23.3. The predicted molar refractivity (Wildman–Crippen MR) is 222 cm³/mol. The van der Waals surface area contributed by atoms with Crippen LogP contribution in [0.3, 0.4) is 0 Å². The number of nitrogens with zero attached hydrogens (tertiary/aromatic N) is 5. The highest BCUT2D eigenvalue weighted by molar-refractivity contribution is 6.91. The number of esters is 2. The molecular weight excluding hydrogens is 771 g/mol. The summed E-state index contributed by atoms with van der Waals surface area (Å²) in [4.78, 5) is 55.5. The maximum absolute atomic E-state index is 15.3. The molecule has 2 saturated heterocycles. The summed E-state index contributed by atoms with van der Waals surface area (Å²) < 4.78 is 25.0. The van der Waals surface area contributed by atoms with Gasteiger partial charge in [0.05, 0.1) is 58.7 Å². The van der Waals surface area contributed by atoms with E-state index in [0.29, 0.717) is 55.0 Å². The van der Waals surface area contributed by atoms with Crippen molar-refractivity contribution < 1.29 is 43.2 Å². The topological polar surface area (TPSA) is 163 Å². The lowest BCUT2D eigenvalue weighted by Crippen LogP contribution is -2.55. The van der Waals surface area contributed by atoms with Crippen LogP contribution >= 0.6 is 0 Å². The second-order valence-electron chi connectivity index (χ2n) is 16.2. The molecule has 15 heteroatoms. The number of aliphatic hydroxyl groups is 1. The average Bonchev–Trinajstić information content (AvgIpc) is 3.88. The summed E-state index contributed by atoms with van der Waals surface area (Å²) in [6.07, 6.45) is 2.62. The number of methoxy groups -OCH3 is 2. The molecule has 6 atom stereocenters. The monoisotopic (exact) mass is 823 g/mol. The molecule has 0 radical (unpaired) electrons. The standard InChI is InChI=1S/C44H53N5O9Si/c1-28-42(59(5,6)33-18-16-32(55-3)17-19-33)38(21-23-47-26-36(45-46-47)34(27-50)30-12-8-7-9-13-30)58-44(28)35-24-31(49-39(52)25-40(49)57-29(2)51)15-20-37(35)48(43(44)54)22-11-10-14-41(53)56-4/h7-9,12-13,15-20,24,26,28,34,38,40,42,50H,10-11,14,21-23,25,27H2,1-6H3/t28-,34?,38+,40?,42-,44+/m1/s1. The Morgan fingerprint density at radius 2 is 1.76 bits per heavy atom. The molecule has 3 aliphatic rings. The number of ether oxygens (including phenoxy) is 4. The number of aromatic nitrogens is 3. The highest BCUT2D eigenvalue weighted by atomic mass is 28.3. The largest absolute Gasteiger partial charge is 0.497 e. The molecule has 59 heavy (non-hydrogen) atoms. The number of β-lactam (4-membered cyclic amide) rings is 1. The minimum atomic E-state index is -2.50. The van der Waals surface area contributed by atoms with Crippen LogP contribution in [0, 0.1) is 5.92 Å². The number of carbonyl (C=O) groups excluding carboxylic acids is 4. The van der Waals surface area contributed by atoms with Gasteiger partial charge in [-0.1, -0.05) is 72.9 Å². The highest BCUT2D eigenvalue weighted by Crippen LogP contribution is 2.60. The van der Waals surface area contributed by atoms with E-state index in [0.717, 1.165) is 11.3 Å². The Morgan fingerprint density at radius 3 is 2.42 bits per heavy atom. The Labute approximate surface area is 345 Å². The zero-order valence-electron chi connectivity index (χ0n) is 34.5. The number of anilines is 2. The molecular formula is C44H53N5O9Si. The van der Waals surface area contributed by atoms with E-state index >= 15 is 4.79 Å². The van der Waals surface area contributed by atoms with E-state index < -0.39 is 32.0 Å². The van der Waals surface area contributed by atoms with Crippen LogP contribution < -0.4 is 19.7 Å². The van der Waals surface area contributed by atoms with Crippen molar-refractivity contribution in [1.82, 2.24) is 15.0 Å². The number of unbranched alkanes of at least 4 members (excludes halogenated alkanes) is 1. The third-order valence-electron chi connectivity index (χ3n) is 12.5. The maximum Gasteiger partial charge on any atom is 0.305 e. The van der Waals surface area contributed by atoms with Crippen molar-refractivity contribution in [2.45, 2.75) is 95.0 Å². The molecule has 0 bridgehead atoms. The number of amides is 2. The van der Waals surface area contributed by atoms with Gasteiger partial charge in [-0.2, -0.15) is 0 Å². The van der Waals surface area contributed by atoms with Gasteiger partial charge in [0, 0.05) is 49.8 Å². The van der Waals surface area contributed by atoms with E-state index in [9.17, 15) is 19.5 Å². The van der Waals surface area contributed by atoms with Crippen molar-refractivity contribution in [3.05, 3.63) is 95.8 Å². The van der Waals surface area contributed by atoms with E-state index in [1.807, 2.05) is 60.8 Å². The van der Waals surface area contributed by atoms with E-state index in [4.69, 9.17) is 18.9 Å². The second kappa shape index (κ2) is 17.1. The first-order valence-electron chi connectivity index (χ1n) is 20.2. The van der Waals surface area contributed by atoms with E-state index in [2.05, 4.69) is 42.5 Å². The molecule has 4 heterocycles. The summed E-state index contributed by atoms with van der Waals surface area (Å²) in [6, 6.07) is 23.4. The summed E-state index contributed by atoms with van der Waals surface area (Å²) in [7, 11) is 0.505. The molecule has 3 aromatic carbocycles. The van der Waals surface area contributed by atoms with Crippen molar-refractivity contribution >= 4 is 48.4 Å². The molecule has 2 amide bonds. The molecule has 312 valence electrons. The van der Waals surface area contributed by atoms with Crippen LogP contribution in [0.1, 0.15) is 68.7 Å². The van der Waals surface area contributed by atoms with E-state index in [1.165, 1.54) is 24.1 Å². The molecule has 0 aliphatic carbocycles. The zero-order chi connectivity index (χ0) is 42.1. The number of benzene rings is 3. The zero-order valence-corrected chi connectivity index (χ0v) is 35.5. The van der Waals surface area contributed by atoms with Crippen molar-refractivity contribution in [3.8, 4) is 5.75 Å². The molecule has 1 spiro atoms. The molecule has 2 unspecified atom stereocenters. The lowest BCUT2D eigenvalue weighted by Gasteiger charge is -2.39. The Kier molecular flexibility index (Phi) is 12.1. The molecule has 2 fully saturated rings. The fourth-order valence-electron chi connectivity index (χ4n) is 9.46. The van der Waals surface area contributed by atoms with Crippen molar-refractivity contribution in [2.75, 3.05) is 37.2 Å². The highest BCUT2D eigenvalue weighted by Gasteiger charge is 2.66. The summed E-state index contributed by atoms with van der Waals surface area (Å²) in [5.74, 6) is -1.08. The first kappa shape index (κ1) is 41.8. The quantitative estimate of drug-likeness (QED) is 0.0698. The first-order chi connectivity index (χ1) is 28.3. The number of hydrogen-bond acceptors (Lipinski definition) is 11. The molecule has 3 aliphatic heterocycles. The van der Waals surface area contributed by atoms with Gasteiger partial charge >= 0.3 is 11.9 Å². The molecule has 0 saturated carbocycles. The summed E-state index contributed by atoms with van der Waals surface area (Å²) in [6.45, 7) is 8.72. The summed E-state index contributed by atoms with van der Waals surface area (Å²) in [5.41, 5.74) is 1.96. The van der Waals surface area contributed by atoms with E-state index in [-0.39, 0.29) is 54.6 Å². The second-order valence-corrected chi connectivity index (χ2v) is 20.9. The molecule has 4 aromatic rings. The number of rotatable bonds is 16. The normalized spacial score (nSPS) is 23.0. The van der Waals surface area contributed by atoms with Crippen LogP contribution in [0.15, 0.2) is 79.0 Å². The van der Waals surface area contributed by atoms with Crippen molar-refractivity contribution in [2.24, 2.45) is 5.92 Å². The van der Waals surface area contributed by atoms with Gasteiger partial charge in [-0.05, 0) is 60.7 Å². The Hall–Kier alpha value is -5.38. The number of carbonyl (C=O) groups is 4. The number of fused-ring (bicyclic) bond motifs is 2. The van der Waals surface area contributed by atoms with Gasteiger partial charge in [-0.15, -0.1) is 5.10 Å². The Balaban J connectivity index is 1.27. The van der Waals surface area contributed by atoms with Crippen LogP contribution in [-0.2, 0) is 45.5 Å². The van der Waals surface area contributed by atoms with Gasteiger partial charge < -0.3 is 29.0 Å². The fraction of sp³-hybridized carbons (Fsp3) is 0.455. The van der Waals surface area contributed by atoms with E-state index in [1.54, 1.807) is 22.8 Å². The average molecular weight is 824 g/mol. The Bertz CT molecular complexity index is 2180. The van der Waals surface area contributed by atoms with Crippen molar-refractivity contribution in [1.29, 1.82) is 0 Å². The third-order valence-corrected chi connectivity index (χ3v) is 16.8. The number of hydrogen-bond donors (Lipinski definition) is 1. The summed E-state index contributed by atoms with van der Waals surface area (Å²) in [5, 5.41) is 20.4. The fourth-order valence-corrected chi connectivity index (χ4v) is 13.5. The van der Waals surface area contributed by atoms with Gasteiger partial charge in [0.15, 0.2) is 11.8 Å². The van der Waals surface area contributed by atoms with Crippen LogP contribution in [0.2, 0.25) is 18.6 Å². The molecule has 1 aromatic heterocycles. The van der Waals surface area contributed by atoms with Gasteiger partial charge in [0.25, 0.3) is 5.91 Å². The minimum absolute atomic E-state index is 0.0696. The van der Waals surface area contributed by atoms with Crippen LogP contribution in [-0.4, -0.2) is 91.6 Å². The summed E-state index contributed by atoms with van der Waals surface area (Å²) >= 11 is 0. The van der Waals surface area contributed by atoms with Gasteiger partial charge in [0.2, 0.25) is 5.91 Å². The minimum Gasteiger partial charge on any atom is -0.497 e. The van der Waals surface area contributed by atoms with Crippen LogP contribution in [0.4, 0.5) is 11.4 Å². The van der Waals surface area contributed by atoms with Crippen LogP contribution in [0.25, 0.3) is 0 Å². The Morgan fingerprint density at radius 1 is 1.02 bits per heavy atom. The lowest BCUT2D eigenvalue weighted by molar-refractivity contribution is -0.154. The SMILES string of the molecule is COC(=O)CCCCN1C(=O)[C@@]2(O[C@@H](CCn3cc(C(CO)c4ccccc4)nn3)[C@H]([Si](C)(C)c3ccc(OC)cc3)[C@H]2C)c2cc(N3C(=O)CC3OC(C)=O)ccc21. The molecule has 14 nitrogen and oxygen atoms in total. The molecule has 1 N–H and O–H groups in total. The maximum atomic E-state index is 15.3. The number of aliphatic hydroxyl groups excluding tert-OH is 1. The lowest BCUT2D eigenvalue weighted by atomic mass is 9.82. The third kappa shape index (κ3) is 7.78. The predicted octanol–water partition coefficient (Wildman–Crippen LogP) is 5.03. The van der Waals surface area contributed by atoms with Crippen molar-refractivity contribution in [3.63, 3.8) is 0 Å². The molecule has 7 rings (SSSR count). The van der Waals surface area contributed by atoms with Gasteiger partial charge in [0.1, 0.15) is 5.75 Å².